The zero-order valence-electron chi connectivity index (χ0n) is 10.6. The Labute approximate surface area is 116 Å². The zero-order valence-corrected chi connectivity index (χ0v) is 11.4. The molecule has 2 rings (SSSR count). The van der Waals surface area contributed by atoms with Gasteiger partial charge in [-0.15, -0.1) is 11.3 Å². The van der Waals surface area contributed by atoms with Gasteiger partial charge in [0.2, 0.25) is 5.91 Å². The predicted octanol–water partition coefficient (Wildman–Crippen LogP) is 3.38. The number of carbonyl (C=O) groups is 1. The molecule has 0 bridgehead atoms. The lowest BCUT2D eigenvalue weighted by molar-refractivity contribution is -0.118. The molecule has 0 aliphatic carbocycles. The minimum absolute atomic E-state index is 0.249. The summed E-state index contributed by atoms with van der Waals surface area (Å²) in [6.07, 6.45) is 0.464. The quantitative estimate of drug-likeness (QED) is 0.926. The van der Waals surface area contributed by atoms with Gasteiger partial charge in [-0.25, -0.2) is 0 Å². The fourth-order valence-electron chi connectivity index (χ4n) is 1.78. The van der Waals surface area contributed by atoms with E-state index in [-0.39, 0.29) is 5.91 Å². The van der Waals surface area contributed by atoms with Crippen molar-refractivity contribution in [2.24, 2.45) is 5.92 Å². The Kier molecular flexibility index (Phi) is 4.32. The maximum absolute atomic E-state index is 12.1. The molecule has 1 aromatic heterocycles. The van der Waals surface area contributed by atoms with Crippen LogP contribution in [0.5, 0.6) is 0 Å². The van der Waals surface area contributed by atoms with Gasteiger partial charge in [-0.05, 0) is 36.1 Å². The van der Waals surface area contributed by atoms with Gasteiger partial charge in [0.15, 0.2) is 0 Å². The Morgan fingerprint density at radius 1 is 1.42 bits per heavy atom. The highest BCUT2D eigenvalue weighted by atomic mass is 32.1. The number of nitriles is 1. The van der Waals surface area contributed by atoms with Gasteiger partial charge in [-0.1, -0.05) is 18.2 Å². The third-order valence-electron chi connectivity index (χ3n) is 2.74. The maximum atomic E-state index is 12.1. The molecule has 1 N–H and O–H groups in total. The molecule has 4 heteroatoms. The molecular weight excluding hydrogens is 256 g/mol. The van der Waals surface area contributed by atoms with E-state index < -0.39 is 5.92 Å². The van der Waals surface area contributed by atoms with Gasteiger partial charge in [-0.2, -0.15) is 5.26 Å². The van der Waals surface area contributed by atoms with Crippen molar-refractivity contribution in [3.8, 4) is 6.07 Å². The van der Waals surface area contributed by atoms with E-state index >= 15 is 0 Å². The van der Waals surface area contributed by atoms with Gasteiger partial charge >= 0.3 is 0 Å². The fourth-order valence-corrected chi connectivity index (χ4v) is 2.53. The summed E-state index contributed by atoms with van der Waals surface area (Å²) in [5.74, 6) is -0.902. The van der Waals surface area contributed by atoms with Crippen LogP contribution in [0.15, 0.2) is 41.8 Å². The first-order valence-electron chi connectivity index (χ1n) is 5.98. The van der Waals surface area contributed by atoms with Gasteiger partial charge in [0.1, 0.15) is 5.92 Å². The molecule has 19 heavy (non-hydrogen) atoms. The molecule has 0 saturated heterocycles. The van der Waals surface area contributed by atoms with Crippen LogP contribution in [-0.4, -0.2) is 5.91 Å². The number of hydrogen-bond acceptors (Lipinski definition) is 3. The summed E-state index contributed by atoms with van der Waals surface area (Å²) in [6.45, 7) is 1.96. The monoisotopic (exact) mass is 270 g/mol. The Morgan fingerprint density at radius 3 is 2.89 bits per heavy atom. The van der Waals surface area contributed by atoms with E-state index in [9.17, 15) is 4.79 Å². The maximum Gasteiger partial charge on any atom is 0.242 e. The molecule has 1 unspecified atom stereocenters. The highest BCUT2D eigenvalue weighted by Crippen LogP contribution is 2.16. The van der Waals surface area contributed by atoms with Gasteiger partial charge in [0, 0.05) is 17.0 Å². The Morgan fingerprint density at radius 2 is 2.26 bits per heavy atom. The van der Waals surface area contributed by atoms with E-state index in [1.165, 1.54) is 0 Å². The summed E-state index contributed by atoms with van der Waals surface area (Å²) in [4.78, 5) is 13.1. The lowest BCUT2D eigenvalue weighted by Crippen LogP contribution is -2.23. The molecule has 0 radical (unpaired) electrons. The predicted molar refractivity (Wildman–Crippen MR) is 76.9 cm³/mol. The number of benzene rings is 1. The SMILES string of the molecule is Cc1cccc(NC(=O)C(C#N)Cc2cccs2)c1. The topological polar surface area (TPSA) is 52.9 Å². The first-order valence-corrected chi connectivity index (χ1v) is 6.86. The second-order valence-corrected chi connectivity index (χ2v) is 5.36. The van der Waals surface area contributed by atoms with E-state index in [0.29, 0.717) is 6.42 Å². The van der Waals surface area contributed by atoms with Crippen molar-refractivity contribution in [3.05, 3.63) is 52.2 Å². The zero-order chi connectivity index (χ0) is 13.7. The molecule has 1 aromatic carbocycles. The smallest absolute Gasteiger partial charge is 0.242 e. The van der Waals surface area contributed by atoms with Crippen LogP contribution in [0.1, 0.15) is 10.4 Å². The van der Waals surface area contributed by atoms with Crippen LogP contribution in [0.4, 0.5) is 5.69 Å². The summed E-state index contributed by atoms with van der Waals surface area (Å²) in [5.41, 5.74) is 1.81. The number of thiophene rings is 1. The van der Waals surface area contributed by atoms with Crippen molar-refractivity contribution in [3.63, 3.8) is 0 Å². The van der Waals surface area contributed by atoms with E-state index in [1.807, 2.05) is 48.7 Å². The first kappa shape index (κ1) is 13.3. The highest BCUT2D eigenvalue weighted by molar-refractivity contribution is 7.09. The normalized spacial score (nSPS) is 11.6. The van der Waals surface area contributed by atoms with Crippen molar-refractivity contribution < 1.29 is 4.79 Å². The molecule has 1 atom stereocenters. The first-order chi connectivity index (χ1) is 9.19. The van der Waals surface area contributed by atoms with Gasteiger partial charge in [0.05, 0.1) is 6.07 Å². The Balaban J connectivity index is 2.03. The Hall–Kier alpha value is -2.12. The summed E-state index contributed by atoms with van der Waals surface area (Å²) in [5, 5.41) is 13.9. The number of nitrogens with zero attached hydrogens (tertiary/aromatic N) is 1. The van der Waals surface area contributed by atoms with Crippen LogP contribution in [0, 0.1) is 24.2 Å². The van der Waals surface area contributed by atoms with E-state index in [2.05, 4.69) is 11.4 Å². The average Bonchev–Trinajstić information content (AvgIpc) is 2.88. The van der Waals surface area contributed by atoms with Crippen LogP contribution in [0.3, 0.4) is 0 Å². The van der Waals surface area contributed by atoms with E-state index in [4.69, 9.17) is 5.26 Å². The molecule has 0 fully saturated rings. The van der Waals surface area contributed by atoms with E-state index in [1.54, 1.807) is 11.3 Å². The number of amides is 1. The molecule has 0 aliphatic heterocycles. The molecular formula is C15H14N2OS. The van der Waals surface area contributed by atoms with Gasteiger partial charge in [0.25, 0.3) is 0 Å². The second kappa shape index (κ2) is 6.17. The molecule has 0 aliphatic rings. The fraction of sp³-hybridized carbons (Fsp3) is 0.200. The summed E-state index contributed by atoms with van der Waals surface area (Å²) < 4.78 is 0. The number of anilines is 1. The third kappa shape index (κ3) is 3.67. The van der Waals surface area contributed by atoms with Crippen LogP contribution in [-0.2, 0) is 11.2 Å². The molecule has 1 amide bonds. The van der Waals surface area contributed by atoms with Crippen LogP contribution >= 0.6 is 11.3 Å². The molecule has 2 aromatic rings. The van der Waals surface area contributed by atoms with Crippen molar-refractivity contribution in [2.75, 3.05) is 5.32 Å². The Bertz CT molecular complexity index is 599. The number of nitrogens with one attached hydrogen (secondary N) is 1. The molecule has 0 saturated carbocycles. The number of rotatable bonds is 4. The lowest BCUT2D eigenvalue weighted by Gasteiger charge is -2.09. The number of aryl methyl sites for hydroxylation is 1. The van der Waals surface area contributed by atoms with Crippen LogP contribution in [0.2, 0.25) is 0 Å². The minimum Gasteiger partial charge on any atom is -0.325 e. The van der Waals surface area contributed by atoms with Crippen molar-refractivity contribution in [1.82, 2.24) is 0 Å². The van der Waals surface area contributed by atoms with Gasteiger partial charge in [-0.3, -0.25) is 4.79 Å². The summed E-state index contributed by atoms with van der Waals surface area (Å²) >= 11 is 1.56. The molecule has 0 spiro atoms. The minimum atomic E-state index is -0.654. The largest absolute Gasteiger partial charge is 0.325 e. The van der Waals surface area contributed by atoms with E-state index in [0.717, 1.165) is 16.1 Å². The number of hydrogen-bond donors (Lipinski definition) is 1. The lowest BCUT2D eigenvalue weighted by atomic mass is 10.1. The van der Waals surface area contributed by atoms with Crippen molar-refractivity contribution in [2.45, 2.75) is 13.3 Å². The summed E-state index contributed by atoms with van der Waals surface area (Å²) in [6, 6.07) is 13.5. The second-order valence-electron chi connectivity index (χ2n) is 4.32. The van der Waals surface area contributed by atoms with Gasteiger partial charge < -0.3 is 5.32 Å². The van der Waals surface area contributed by atoms with Crippen molar-refractivity contribution >= 4 is 22.9 Å². The van der Waals surface area contributed by atoms with Crippen molar-refractivity contribution in [1.29, 1.82) is 5.26 Å². The standard InChI is InChI=1S/C15H14N2OS/c1-11-4-2-5-13(8-11)17-15(18)12(10-16)9-14-6-3-7-19-14/h2-8,12H,9H2,1H3,(H,17,18). The average molecular weight is 270 g/mol. The molecule has 3 nitrogen and oxygen atoms in total. The third-order valence-corrected chi connectivity index (χ3v) is 3.64. The van der Waals surface area contributed by atoms with Crippen LogP contribution < -0.4 is 5.32 Å². The highest BCUT2D eigenvalue weighted by Gasteiger charge is 2.19. The summed E-state index contributed by atoms with van der Waals surface area (Å²) in [7, 11) is 0. The molecule has 1 heterocycles. The van der Waals surface area contributed by atoms with Crippen LogP contribution in [0.25, 0.3) is 0 Å². The molecule has 96 valence electrons. The number of carbonyl (C=O) groups excluding carboxylic acids is 1.